The van der Waals surface area contributed by atoms with Gasteiger partial charge in [0.25, 0.3) is 0 Å². The van der Waals surface area contributed by atoms with Gasteiger partial charge in [0.05, 0.1) is 16.6 Å². The third-order valence-electron chi connectivity index (χ3n) is 2.74. The fraction of sp³-hybridized carbons (Fsp3) is 0.455. The first kappa shape index (κ1) is 12.1. The lowest BCUT2D eigenvalue weighted by molar-refractivity contribution is -0.385. The van der Waals surface area contributed by atoms with Crippen LogP contribution in [0.15, 0.2) is 6.07 Å². The van der Waals surface area contributed by atoms with Gasteiger partial charge in [-0.3, -0.25) is 10.1 Å². The van der Waals surface area contributed by atoms with E-state index in [0.717, 1.165) is 0 Å². The molecule has 1 unspecified atom stereocenters. The van der Waals surface area contributed by atoms with E-state index in [2.05, 4.69) is 0 Å². The second-order valence-corrected chi connectivity index (χ2v) is 4.37. The Morgan fingerprint density at radius 2 is 2.41 bits per heavy atom. The second kappa shape index (κ2) is 4.50. The van der Waals surface area contributed by atoms with Crippen molar-refractivity contribution in [3.8, 4) is 5.75 Å². The van der Waals surface area contributed by atoms with E-state index >= 15 is 0 Å². The fourth-order valence-corrected chi connectivity index (χ4v) is 2.21. The van der Waals surface area contributed by atoms with Crippen LogP contribution in [0.1, 0.15) is 11.1 Å². The first-order valence-corrected chi connectivity index (χ1v) is 5.54. The normalized spacial score (nSPS) is 17.7. The molecule has 1 aliphatic rings. The minimum Gasteiger partial charge on any atom is -0.480 e. The van der Waals surface area contributed by atoms with Crippen molar-refractivity contribution in [2.45, 2.75) is 19.4 Å². The van der Waals surface area contributed by atoms with E-state index in [1.807, 2.05) is 0 Å². The Labute approximate surface area is 103 Å². The molecule has 0 radical (unpaired) electrons. The predicted molar refractivity (Wildman–Crippen MR) is 62.8 cm³/mol. The van der Waals surface area contributed by atoms with Crippen LogP contribution in [0.3, 0.4) is 0 Å². The third-order valence-corrected chi connectivity index (χ3v) is 3.26. The summed E-state index contributed by atoms with van der Waals surface area (Å²) in [4.78, 5) is 10.5. The van der Waals surface area contributed by atoms with Crippen molar-refractivity contribution >= 4 is 17.3 Å². The quantitative estimate of drug-likeness (QED) is 0.617. The molecule has 0 aliphatic carbocycles. The molecular formula is C11H12ClNO4. The van der Waals surface area contributed by atoms with Gasteiger partial charge < -0.3 is 9.47 Å². The number of fused-ring (bicyclic) bond motifs is 1. The molecule has 0 bridgehead atoms. The zero-order valence-corrected chi connectivity index (χ0v) is 10.3. The fourth-order valence-electron chi connectivity index (χ4n) is 1.99. The highest BCUT2D eigenvalue weighted by Gasteiger charge is 2.33. The lowest BCUT2D eigenvalue weighted by Gasteiger charge is -2.08. The van der Waals surface area contributed by atoms with Crippen LogP contribution in [0.25, 0.3) is 0 Å². The number of methoxy groups -OCH3 is 1. The summed E-state index contributed by atoms with van der Waals surface area (Å²) in [6, 6.07) is 1.44. The third kappa shape index (κ3) is 2.08. The Morgan fingerprint density at radius 3 is 3.00 bits per heavy atom. The highest BCUT2D eigenvalue weighted by Crippen LogP contribution is 2.43. The molecule has 1 atom stereocenters. The number of hydrogen-bond acceptors (Lipinski definition) is 4. The summed E-state index contributed by atoms with van der Waals surface area (Å²) in [5, 5.41) is 11.5. The van der Waals surface area contributed by atoms with E-state index < -0.39 is 4.92 Å². The maximum atomic E-state index is 10.9. The summed E-state index contributed by atoms with van der Waals surface area (Å²) in [6.07, 6.45) is 0.345. The molecule has 1 aromatic carbocycles. The van der Waals surface area contributed by atoms with Gasteiger partial charge in [0.1, 0.15) is 6.10 Å². The van der Waals surface area contributed by atoms with Crippen LogP contribution in [0.5, 0.6) is 5.75 Å². The van der Waals surface area contributed by atoms with Gasteiger partial charge in [0, 0.05) is 25.2 Å². The minimum absolute atomic E-state index is 0.0273. The summed E-state index contributed by atoms with van der Waals surface area (Å²) >= 11 is 6.14. The zero-order chi connectivity index (χ0) is 12.6. The first-order valence-electron chi connectivity index (χ1n) is 5.16. The molecule has 2 rings (SSSR count). The van der Waals surface area contributed by atoms with Crippen molar-refractivity contribution in [1.29, 1.82) is 0 Å². The van der Waals surface area contributed by atoms with Gasteiger partial charge >= 0.3 is 5.69 Å². The summed E-state index contributed by atoms with van der Waals surface area (Å²) in [5.74, 6) is 0.285. The molecule has 92 valence electrons. The highest BCUT2D eigenvalue weighted by atomic mass is 35.5. The van der Waals surface area contributed by atoms with Crippen molar-refractivity contribution in [3.05, 3.63) is 32.3 Å². The Morgan fingerprint density at radius 1 is 1.71 bits per heavy atom. The van der Waals surface area contributed by atoms with Crippen LogP contribution in [-0.4, -0.2) is 24.7 Å². The number of nitrogens with zero attached hydrogens (tertiary/aromatic N) is 1. The molecule has 0 spiro atoms. The number of nitro groups is 1. The van der Waals surface area contributed by atoms with E-state index in [4.69, 9.17) is 21.1 Å². The molecule has 0 saturated heterocycles. The molecule has 0 N–H and O–H groups in total. The molecular weight excluding hydrogens is 246 g/mol. The van der Waals surface area contributed by atoms with Crippen LogP contribution >= 0.6 is 11.6 Å². The van der Waals surface area contributed by atoms with Gasteiger partial charge in [0.15, 0.2) is 0 Å². The Kier molecular flexibility index (Phi) is 3.22. The molecule has 0 amide bonds. The number of ether oxygens (including phenoxy) is 2. The number of benzene rings is 1. The Hall–Kier alpha value is -1.33. The zero-order valence-electron chi connectivity index (χ0n) is 9.53. The second-order valence-electron chi connectivity index (χ2n) is 3.99. The molecule has 5 nitrogen and oxygen atoms in total. The monoisotopic (exact) mass is 257 g/mol. The van der Waals surface area contributed by atoms with E-state index in [1.165, 1.54) is 6.07 Å². The molecule has 0 aromatic heterocycles. The van der Waals surface area contributed by atoms with E-state index in [1.54, 1.807) is 14.0 Å². The lowest BCUT2D eigenvalue weighted by Crippen LogP contribution is -2.19. The van der Waals surface area contributed by atoms with Gasteiger partial charge in [-0.2, -0.15) is 0 Å². The molecule has 6 heteroatoms. The van der Waals surface area contributed by atoms with Gasteiger partial charge in [-0.1, -0.05) is 11.6 Å². The molecule has 1 heterocycles. The number of halogens is 1. The predicted octanol–water partition coefficient (Wildman–Crippen LogP) is 2.51. The van der Waals surface area contributed by atoms with Crippen LogP contribution in [0.2, 0.25) is 5.02 Å². The van der Waals surface area contributed by atoms with Crippen molar-refractivity contribution in [2.24, 2.45) is 0 Å². The van der Waals surface area contributed by atoms with Gasteiger partial charge in [-0.05, 0) is 12.5 Å². The molecule has 1 aromatic rings. The van der Waals surface area contributed by atoms with Crippen molar-refractivity contribution in [1.82, 2.24) is 0 Å². The Balaban J connectivity index is 2.47. The summed E-state index contributed by atoms with van der Waals surface area (Å²) in [6.45, 7) is 2.14. The van der Waals surface area contributed by atoms with Crippen LogP contribution in [-0.2, 0) is 11.2 Å². The van der Waals surface area contributed by atoms with Crippen LogP contribution in [0, 0.1) is 17.0 Å². The van der Waals surface area contributed by atoms with Crippen LogP contribution < -0.4 is 4.74 Å². The topological polar surface area (TPSA) is 61.6 Å². The van der Waals surface area contributed by atoms with E-state index in [9.17, 15) is 10.1 Å². The smallest absolute Gasteiger partial charge is 0.311 e. The maximum Gasteiger partial charge on any atom is 0.311 e. The number of nitro benzene ring substituents is 1. The van der Waals surface area contributed by atoms with Gasteiger partial charge in [0.2, 0.25) is 5.75 Å². The SMILES string of the molecule is COCC1Cc2c(Cl)c(C)cc([N+](=O)[O-])c2O1. The highest BCUT2D eigenvalue weighted by molar-refractivity contribution is 6.32. The van der Waals surface area contributed by atoms with E-state index in [-0.39, 0.29) is 17.5 Å². The summed E-state index contributed by atoms with van der Waals surface area (Å²) in [5.41, 5.74) is 1.37. The standard InChI is InChI=1S/C11H12ClNO4/c1-6-3-9(13(14)15)11-8(10(6)12)4-7(17-11)5-16-2/h3,7H,4-5H2,1-2H3. The van der Waals surface area contributed by atoms with Crippen molar-refractivity contribution in [3.63, 3.8) is 0 Å². The van der Waals surface area contributed by atoms with Crippen molar-refractivity contribution in [2.75, 3.05) is 13.7 Å². The Bertz CT molecular complexity index is 475. The molecule has 17 heavy (non-hydrogen) atoms. The summed E-state index contributed by atoms with van der Waals surface area (Å²) < 4.78 is 10.5. The molecule has 0 fully saturated rings. The lowest BCUT2D eigenvalue weighted by atomic mass is 10.1. The first-order chi connectivity index (χ1) is 8.04. The molecule has 0 saturated carbocycles. The number of rotatable bonds is 3. The molecule has 1 aliphatic heterocycles. The average Bonchev–Trinajstić information content (AvgIpc) is 2.67. The number of hydrogen-bond donors (Lipinski definition) is 0. The van der Waals surface area contributed by atoms with E-state index in [0.29, 0.717) is 29.2 Å². The van der Waals surface area contributed by atoms with Crippen LogP contribution in [0.4, 0.5) is 5.69 Å². The van der Waals surface area contributed by atoms with Gasteiger partial charge in [-0.25, -0.2) is 0 Å². The maximum absolute atomic E-state index is 10.9. The minimum atomic E-state index is -0.447. The largest absolute Gasteiger partial charge is 0.480 e. The number of aryl methyl sites for hydroxylation is 1. The van der Waals surface area contributed by atoms with Gasteiger partial charge in [-0.15, -0.1) is 0 Å². The summed E-state index contributed by atoms with van der Waals surface area (Å²) in [7, 11) is 1.56. The average molecular weight is 258 g/mol. The van der Waals surface area contributed by atoms with Crippen molar-refractivity contribution < 1.29 is 14.4 Å².